The molecule has 1 heterocycles. The Bertz CT molecular complexity index is 662. The van der Waals surface area contributed by atoms with Gasteiger partial charge in [0.05, 0.1) is 17.5 Å². The van der Waals surface area contributed by atoms with Crippen LogP contribution in [0.2, 0.25) is 0 Å². The molecular weight excluding hydrogens is 278 g/mol. The van der Waals surface area contributed by atoms with E-state index in [0.29, 0.717) is 0 Å². The molecule has 0 saturated heterocycles. The lowest BCUT2D eigenvalue weighted by atomic mass is 9.97. The minimum absolute atomic E-state index is 0.142. The van der Waals surface area contributed by atoms with Crippen molar-refractivity contribution in [1.82, 2.24) is 14.5 Å². The number of aryl methyl sites for hydroxylation is 2. The molecule has 1 aromatic heterocycles. The minimum atomic E-state index is -3.18. The molecule has 20 heavy (non-hydrogen) atoms. The maximum Gasteiger partial charge on any atom is 0.267 e. The molecule has 2 aliphatic carbocycles. The zero-order valence-corrected chi connectivity index (χ0v) is 12.2. The van der Waals surface area contributed by atoms with Gasteiger partial charge in [-0.1, -0.05) is 0 Å². The van der Waals surface area contributed by atoms with Gasteiger partial charge in [0.2, 0.25) is 10.0 Å². The topological polar surface area (TPSA) is 81.1 Å². The second-order valence-electron chi connectivity index (χ2n) is 5.52. The minimum Gasteiger partial charge on any atom is -0.268 e. The van der Waals surface area contributed by atoms with Crippen LogP contribution in [0.15, 0.2) is 10.9 Å². The van der Waals surface area contributed by atoms with Crippen molar-refractivity contribution in [1.29, 1.82) is 0 Å². The maximum absolute atomic E-state index is 11.9. The largest absolute Gasteiger partial charge is 0.268 e. The Kier molecular flexibility index (Phi) is 3.64. The van der Waals surface area contributed by atoms with Crippen LogP contribution >= 0.6 is 0 Å². The Morgan fingerprint density at radius 2 is 2.05 bits per heavy atom. The van der Waals surface area contributed by atoms with Crippen molar-refractivity contribution in [2.24, 2.45) is 0 Å². The fourth-order valence-electron chi connectivity index (χ4n) is 2.55. The van der Waals surface area contributed by atoms with Crippen molar-refractivity contribution in [3.63, 3.8) is 0 Å². The molecule has 2 aliphatic rings. The summed E-state index contributed by atoms with van der Waals surface area (Å²) < 4.78 is 27.3. The molecule has 0 aromatic carbocycles. The van der Waals surface area contributed by atoms with E-state index in [1.807, 2.05) is 0 Å². The van der Waals surface area contributed by atoms with E-state index in [9.17, 15) is 13.2 Å². The number of hydrogen-bond donors (Lipinski definition) is 1. The van der Waals surface area contributed by atoms with E-state index in [4.69, 9.17) is 0 Å². The fraction of sp³-hybridized carbons (Fsp3) is 0.692. The summed E-state index contributed by atoms with van der Waals surface area (Å²) >= 11 is 0. The van der Waals surface area contributed by atoms with E-state index >= 15 is 0 Å². The maximum atomic E-state index is 11.9. The molecule has 0 spiro atoms. The van der Waals surface area contributed by atoms with Gasteiger partial charge in [0.1, 0.15) is 0 Å². The van der Waals surface area contributed by atoms with Gasteiger partial charge in [-0.25, -0.2) is 17.8 Å². The zero-order valence-electron chi connectivity index (χ0n) is 11.3. The monoisotopic (exact) mass is 297 g/mol. The Hall–Kier alpha value is -1.21. The molecule has 0 atom stereocenters. The van der Waals surface area contributed by atoms with Crippen molar-refractivity contribution in [3.05, 3.63) is 27.7 Å². The molecule has 3 rings (SSSR count). The number of nitrogens with zero attached hydrogens (tertiary/aromatic N) is 2. The third-order valence-electron chi connectivity index (χ3n) is 3.86. The predicted octanol–water partition coefficient (Wildman–Crippen LogP) is 0.204. The summed E-state index contributed by atoms with van der Waals surface area (Å²) in [5, 5.41) is 4.14. The average molecular weight is 297 g/mol. The summed E-state index contributed by atoms with van der Waals surface area (Å²) in [6.07, 6.45) is 5.53. The van der Waals surface area contributed by atoms with Crippen LogP contribution in [-0.2, 0) is 29.4 Å². The number of fused-ring (bicyclic) bond motifs is 1. The molecule has 6 nitrogen and oxygen atoms in total. The van der Waals surface area contributed by atoms with Crippen molar-refractivity contribution in [2.45, 2.75) is 50.3 Å². The third-order valence-corrected chi connectivity index (χ3v) is 5.82. The number of nitrogens with one attached hydrogen (secondary N) is 1. The highest BCUT2D eigenvalue weighted by atomic mass is 32.2. The summed E-state index contributed by atoms with van der Waals surface area (Å²) in [5.41, 5.74) is 1.90. The van der Waals surface area contributed by atoms with Gasteiger partial charge >= 0.3 is 0 Å². The van der Waals surface area contributed by atoms with Crippen LogP contribution in [0, 0.1) is 0 Å². The number of aromatic nitrogens is 2. The van der Waals surface area contributed by atoms with E-state index < -0.39 is 10.0 Å². The zero-order chi connectivity index (χ0) is 14.2. The van der Waals surface area contributed by atoms with E-state index in [1.54, 1.807) is 6.07 Å². The Morgan fingerprint density at radius 3 is 2.80 bits per heavy atom. The first kappa shape index (κ1) is 13.8. The summed E-state index contributed by atoms with van der Waals surface area (Å²) in [6, 6.07) is 1.65. The molecule has 1 fully saturated rings. The quantitative estimate of drug-likeness (QED) is 0.842. The van der Waals surface area contributed by atoms with Crippen LogP contribution in [0.5, 0.6) is 0 Å². The Labute approximate surface area is 118 Å². The third kappa shape index (κ3) is 2.93. The van der Waals surface area contributed by atoms with Crippen molar-refractivity contribution < 1.29 is 8.42 Å². The summed E-state index contributed by atoms with van der Waals surface area (Å²) in [4.78, 5) is 11.9. The van der Waals surface area contributed by atoms with E-state index in [2.05, 4.69) is 9.82 Å². The van der Waals surface area contributed by atoms with Crippen molar-refractivity contribution in [2.75, 3.05) is 6.54 Å². The molecule has 7 heteroatoms. The van der Waals surface area contributed by atoms with E-state index in [-0.39, 0.29) is 23.9 Å². The standard InChI is InChI=1S/C13H19N3O3S/c17-13-9-10-3-1-2-4-12(10)15-16(13)8-7-14-20(18,19)11-5-6-11/h9,11,14H,1-8H2. The molecule has 1 N–H and O–H groups in total. The van der Waals surface area contributed by atoms with Gasteiger partial charge in [0, 0.05) is 12.6 Å². The number of rotatable bonds is 5. The van der Waals surface area contributed by atoms with Crippen LogP contribution in [0.1, 0.15) is 36.9 Å². The summed E-state index contributed by atoms with van der Waals surface area (Å²) in [5.74, 6) is 0. The van der Waals surface area contributed by atoms with Gasteiger partial charge in [-0.15, -0.1) is 0 Å². The molecule has 1 aromatic rings. The summed E-state index contributed by atoms with van der Waals surface area (Å²) in [6.45, 7) is 0.516. The lowest BCUT2D eigenvalue weighted by molar-refractivity contribution is 0.526. The van der Waals surface area contributed by atoms with Gasteiger partial charge < -0.3 is 0 Å². The van der Waals surface area contributed by atoms with Crippen LogP contribution < -0.4 is 10.3 Å². The van der Waals surface area contributed by atoms with Crippen molar-refractivity contribution >= 4 is 10.0 Å². The fourth-order valence-corrected chi connectivity index (χ4v) is 3.92. The lowest BCUT2D eigenvalue weighted by Crippen LogP contribution is -2.34. The Balaban J connectivity index is 1.67. The Morgan fingerprint density at radius 1 is 1.30 bits per heavy atom. The molecule has 1 saturated carbocycles. The normalized spacial score (nSPS) is 18.8. The second-order valence-corrected chi connectivity index (χ2v) is 7.57. The van der Waals surface area contributed by atoms with Crippen molar-refractivity contribution in [3.8, 4) is 0 Å². The lowest BCUT2D eigenvalue weighted by Gasteiger charge is -2.16. The second kappa shape index (κ2) is 5.29. The molecule has 0 unspecified atom stereocenters. The van der Waals surface area contributed by atoms with E-state index in [0.717, 1.165) is 49.8 Å². The smallest absolute Gasteiger partial charge is 0.267 e. The van der Waals surface area contributed by atoms with Crippen LogP contribution in [0.25, 0.3) is 0 Å². The highest BCUT2D eigenvalue weighted by Crippen LogP contribution is 2.27. The van der Waals surface area contributed by atoms with Crippen LogP contribution in [-0.4, -0.2) is 30.0 Å². The van der Waals surface area contributed by atoms with Crippen LogP contribution in [0.3, 0.4) is 0 Å². The highest BCUT2D eigenvalue weighted by molar-refractivity contribution is 7.90. The number of sulfonamides is 1. The first-order valence-corrected chi connectivity index (χ1v) is 8.69. The molecule has 110 valence electrons. The highest BCUT2D eigenvalue weighted by Gasteiger charge is 2.35. The number of hydrogen-bond acceptors (Lipinski definition) is 4. The first-order valence-electron chi connectivity index (χ1n) is 7.15. The van der Waals surface area contributed by atoms with Gasteiger partial charge in [0.15, 0.2) is 0 Å². The predicted molar refractivity (Wildman–Crippen MR) is 75.1 cm³/mol. The SMILES string of the molecule is O=c1cc2c(nn1CCNS(=O)(=O)C1CC1)CCCC2. The molecule has 0 radical (unpaired) electrons. The summed E-state index contributed by atoms with van der Waals surface area (Å²) in [7, 11) is -3.18. The van der Waals surface area contributed by atoms with E-state index in [1.165, 1.54) is 4.68 Å². The molecular formula is C13H19N3O3S. The van der Waals surface area contributed by atoms with Gasteiger partial charge in [0.25, 0.3) is 5.56 Å². The molecule has 0 bridgehead atoms. The van der Waals surface area contributed by atoms with Crippen LogP contribution in [0.4, 0.5) is 0 Å². The van der Waals surface area contributed by atoms with Gasteiger partial charge in [-0.3, -0.25) is 4.79 Å². The molecule has 0 aliphatic heterocycles. The average Bonchev–Trinajstić information content (AvgIpc) is 3.24. The molecule has 0 amide bonds. The van der Waals surface area contributed by atoms with Gasteiger partial charge in [-0.2, -0.15) is 5.10 Å². The first-order chi connectivity index (χ1) is 9.56. The van der Waals surface area contributed by atoms with Gasteiger partial charge in [-0.05, 0) is 44.1 Å².